The second-order valence-corrected chi connectivity index (χ2v) is 7.08. The fraction of sp³-hybridized carbons (Fsp3) is 0.375. The summed E-state index contributed by atoms with van der Waals surface area (Å²) < 4.78 is 0.979. The van der Waals surface area contributed by atoms with Crippen LogP contribution in [0.2, 0.25) is 5.15 Å². The van der Waals surface area contributed by atoms with E-state index in [-0.39, 0.29) is 5.41 Å². The number of benzene rings is 1. The molecular weight excluding hydrogens is 383 g/mol. The molecule has 1 aliphatic rings. The average Bonchev–Trinajstić information content (AvgIpc) is 3.24. The minimum Gasteiger partial charge on any atom is -0.235 e. The molecule has 4 heteroatoms. The molecule has 1 saturated carbocycles. The quantitative estimate of drug-likeness (QED) is 0.541. The Hall–Kier alpha value is -0.680. The molecule has 0 atom stereocenters. The maximum absolute atomic E-state index is 6.33. The number of nitrogens with zero attached hydrogens (tertiary/aromatic N) is 2. The SMILES string of the molecule is CC(C)c1nc(C2(c3ccccc3)CC2)nc(Cl)c1I. The van der Waals surface area contributed by atoms with E-state index in [4.69, 9.17) is 16.6 Å². The molecule has 2 nitrogen and oxygen atoms in total. The van der Waals surface area contributed by atoms with Gasteiger partial charge < -0.3 is 0 Å². The number of hydrogen-bond acceptors (Lipinski definition) is 2. The van der Waals surface area contributed by atoms with Gasteiger partial charge in [0.15, 0.2) is 0 Å². The van der Waals surface area contributed by atoms with Gasteiger partial charge in [-0.15, -0.1) is 0 Å². The largest absolute Gasteiger partial charge is 0.235 e. The van der Waals surface area contributed by atoms with Crippen molar-refractivity contribution in [3.63, 3.8) is 0 Å². The molecule has 2 aromatic rings. The lowest BCUT2D eigenvalue weighted by Crippen LogP contribution is -2.16. The van der Waals surface area contributed by atoms with Gasteiger partial charge in [-0.05, 0) is 46.9 Å². The molecule has 0 aliphatic heterocycles. The fourth-order valence-corrected chi connectivity index (χ4v) is 3.60. The highest BCUT2D eigenvalue weighted by molar-refractivity contribution is 14.1. The fourth-order valence-electron chi connectivity index (χ4n) is 2.56. The van der Waals surface area contributed by atoms with Crippen molar-refractivity contribution in [2.75, 3.05) is 0 Å². The van der Waals surface area contributed by atoms with Gasteiger partial charge in [-0.25, -0.2) is 9.97 Å². The Morgan fingerprint density at radius 1 is 1.15 bits per heavy atom. The molecule has 1 heterocycles. The zero-order valence-electron chi connectivity index (χ0n) is 11.5. The van der Waals surface area contributed by atoms with Crippen molar-refractivity contribution in [2.24, 2.45) is 0 Å². The minimum atomic E-state index is -0.0150. The van der Waals surface area contributed by atoms with Crippen LogP contribution in [0.15, 0.2) is 30.3 Å². The maximum Gasteiger partial charge on any atom is 0.146 e. The number of aromatic nitrogens is 2. The molecule has 0 spiro atoms. The molecule has 1 fully saturated rings. The van der Waals surface area contributed by atoms with Gasteiger partial charge in [0.2, 0.25) is 0 Å². The predicted octanol–water partition coefficient (Wildman–Crippen LogP) is 4.94. The van der Waals surface area contributed by atoms with Gasteiger partial charge in [0.05, 0.1) is 14.7 Å². The summed E-state index contributed by atoms with van der Waals surface area (Å²) in [7, 11) is 0. The first-order valence-electron chi connectivity index (χ1n) is 6.83. The minimum absolute atomic E-state index is 0.0150. The lowest BCUT2D eigenvalue weighted by atomic mass is 9.95. The average molecular weight is 399 g/mol. The van der Waals surface area contributed by atoms with E-state index in [1.807, 2.05) is 6.07 Å². The maximum atomic E-state index is 6.33. The lowest BCUT2D eigenvalue weighted by Gasteiger charge is -2.18. The van der Waals surface area contributed by atoms with Gasteiger partial charge in [0, 0.05) is 0 Å². The van der Waals surface area contributed by atoms with E-state index in [1.165, 1.54) is 5.56 Å². The van der Waals surface area contributed by atoms with E-state index in [0.29, 0.717) is 11.1 Å². The molecule has 3 rings (SSSR count). The number of halogens is 2. The van der Waals surface area contributed by atoms with Crippen LogP contribution < -0.4 is 0 Å². The van der Waals surface area contributed by atoms with E-state index in [0.717, 1.165) is 27.9 Å². The van der Waals surface area contributed by atoms with Gasteiger partial charge in [-0.2, -0.15) is 0 Å². The van der Waals surface area contributed by atoms with Crippen LogP contribution in [0.3, 0.4) is 0 Å². The molecule has 0 unspecified atom stereocenters. The van der Waals surface area contributed by atoms with E-state index < -0.39 is 0 Å². The summed E-state index contributed by atoms with van der Waals surface area (Å²) in [6.07, 6.45) is 2.21. The highest BCUT2D eigenvalue weighted by atomic mass is 127. The van der Waals surface area contributed by atoms with Crippen LogP contribution in [-0.4, -0.2) is 9.97 Å². The van der Waals surface area contributed by atoms with Crippen molar-refractivity contribution < 1.29 is 0 Å². The van der Waals surface area contributed by atoms with E-state index in [9.17, 15) is 0 Å². The van der Waals surface area contributed by atoms with Crippen LogP contribution in [0, 0.1) is 3.57 Å². The molecule has 0 saturated heterocycles. The zero-order valence-corrected chi connectivity index (χ0v) is 14.4. The van der Waals surface area contributed by atoms with Crippen molar-refractivity contribution in [1.29, 1.82) is 0 Å². The molecule has 20 heavy (non-hydrogen) atoms. The highest BCUT2D eigenvalue weighted by Crippen LogP contribution is 2.52. The zero-order chi connectivity index (χ0) is 14.3. The molecule has 104 valence electrons. The van der Waals surface area contributed by atoms with Crippen molar-refractivity contribution in [1.82, 2.24) is 9.97 Å². The topological polar surface area (TPSA) is 25.8 Å². The van der Waals surface area contributed by atoms with Crippen molar-refractivity contribution >= 4 is 34.2 Å². The van der Waals surface area contributed by atoms with Crippen molar-refractivity contribution in [2.45, 2.75) is 38.0 Å². The summed E-state index contributed by atoms with van der Waals surface area (Å²) in [6.45, 7) is 4.29. The van der Waals surface area contributed by atoms with Gasteiger partial charge in [0.1, 0.15) is 11.0 Å². The van der Waals surface area contributed by atoms with Crippen LogP contribution in [0.1, 0.15) is 49.7 Å². The highest BCUT2D eigenvalue weighted by Gasteiger charge is 2.49. The first kappa shape index (κ1) is 14.3. The first-order valence-corrected chi connectivity index (χ1v) is 8.29. The van der Waals surface area contributed by atoms with E-state index >= 15 is 0 Å². The third kappa shape index (κ3) is 2.35. The van der Waals surface area contributed by atoms with Crippen LogP contribution in [-0.2, 0) is 5.41 Å². The van der Waals surface area contributed by atoms with Crippen LogP contribution >= 0.6 is 34.2 Å². The Kier molecular flexibility index (Phi) is 3.75. The smallest absolute Gasteiger partial charge is 0.146 e. The summed E-state index contributed by atoms with van der Waals surface area (Å²) in [4.78, 5) is 9.41. The Balaban J connectivity index is 2.12. The molecule has 0 N–H and O–H groups in total. The van der Waals surface area contributed by atoms with Crippen LogP contribution in [0.4, 0.5) is 0 Å². The summed E-state index contributed by atoms with van der Waals surface area (Å²) in [5, 5.41) is 0.585. The molecule has 1 aromatic heterocycles. The molecule has 0 bridgehead atoms. The second-order valence-electron chi connectivity index (χ2n) is 5.64. The molecule has 0 amide bonds. The standard InChI is InChI=1S/C16H16ClIN2/c1-10(2)13-12(18)14(17)20-15(19-13)16(8-9-16)11-6-4-3-5-7-11/h3-7,10H,8-9H2,1-2H3. The normalized spacial score (nSPS) is 16.4. The monoisotopic (exact) mass is 398 g/mol. The van der Waals surface area contributed by atoms with Gasteiger partial charge >= 0.3 is 0 Å². The summed E-state index contributed by atoms with van der Waals surface area (Å²) in [5.41, 5.74) is 2.34. The summed E-state index contributed by atoms with van der Waals surface area (Å²) in [5.74, 6) is 1.24. The molecule has 1 aliphatic carbocycles. The van der Waals surface area contributed by atoms with E-state index in [2.05, 4.69) is 65.7 Å². The van der Waals surface area contributed by atoms with Crippen molar-refractivity contribution in [3.8, 4) is 0 Å². The lowest BCUT2D eigenvalue weighted by molar-refractivity contribution is 0.711. The van der Waals surface area contributed by atoms with Gasteiger partial charge in [-0.3, -0.25) is 0 Å². The first-order chi connectivity index (χ1) is 9.54. The number of hydrogen-bond donors (Lipinski definition) is 0. The Bertz CT molecular complexity index is 636. The molecular formula is C16H16ClIN2. The predicted molar refractivity (Wildman–Crippen MR) is 90.3 cm³/mol. The van der Waals surface area contributed by atoms with Crippen LogP contribution in [0.5, 0.6) is 0 Å². The Morgan fingerprint density at radius 2 is 1.80 bits per heavy atom. The summed E-state index contributed by atoms with van der Waals surface area (Å²) >= 11 is 8.57. The molecule has 0 radical (unpaired) electrons. The van der Waals surface area contributed by atoms with Gasteiger partial charge in [0.25, 0.3) is 0 Å². The summed E-state index contributed by atoms with van der Waals surface area (Å²) in [6, 6.07) is 10.5. The Morgan fingerprint density at radius 3 is 2.35 bits per heavy atom. The third-order valence-corrected chi connectivity index (χ3v) is 5.54. The molecule has 1 aromatic carbocycles. The second kappa shape index (κ2) is 5.26. The van der Waals surface area contributed by atoms with E-state index in [1.54, 1.807) is 0 Å². The van der Waals surface area contributed by atoms with Crippen molar-refractivity contribution in [3.05, 3.63) is 56.1 Å². The number of rotatable bonds is 3. The third-order valence-electron chi connectivity index (χ3n) is 3.89. The Labute approximate surface area is 138 Å². The van der Waals surface area contributed by atoms with Gasteiger partial charge in [-0.1, -0.05) is 55.8 Å². The van der Waals surface area contributed by atoms with Crippen LogP contribution in [0.25, 0.3) is 0 Å².